The molecular weight excluding hydrogens is 468 g/mol. The Hall–Kier alpha value is -4.00. The van der Waals surface area contributed by atoms with Gasteiger partial charge in [0.15, 0.2) is 6.61 Å². The number of carbonyl (C=O) groups is 2. The van der Waals surface area contributed by atoms with Gasteiger partial charge >= 0.3 is 0 Å². The van der Waals surface area contributed by atoms with Gasteiger partial charge in [-0.05, 0) is 59.9 Å². The van der Waals surface area contributed by atoms with E-state index in [0.717, 1.165) is 11.5 Å². The van der Waals surface area contributed by atoms with E-state index in [1.54, 1.807) is 23.1 Å². The summed E-state index contributed by atoms with van der Waals surface area (Å²) in [7, 11) is 0. The smallest absolute Gasteiger partial charge is 0.265 e. The summed E-state index contributed by atoms with van der Waals surface area (Å²) in [6.45, 7) is 7.63. The minimum atomic E-state index is -0.152. The predicted molar refractivity (Wildman–Crippen MR) is 145 cm³/mol. The molecule has 0 unspecified atom stereocenters. The van der Waals surface area contributed by atoms with Crippen LogP contribution in [0, 0.1) is 0 Å². The molecule has 7 heteroatoms. The predicted octanol–water partition coefficient (Wildman–Crippen LogP) is 5.59. The molecule has 0 spiro atoms. The summed E-state index contributed by atoms with van der Waals surface area (Å²) in [6.07, 6.45) is 0.915. The van der Waals surface area contributed by atoms with Gasteiger partial charge in [-0.3, -0.25) is 9.59 Å². The van der Waals surface area contributed by atoms with Gasteiger partial charge in [0, 0.05) is 12.1 Å². The zero-order valence-electron chi connectivity index (χ0n) is 21.7. The van der Waals surface area contributed by atoms with Gasteiger partial charge in [-0.25, -0.2) is 0 Å². The van der Waals surface area contributed by atoms with Crippen molar-refractivity contribution in [2.45, 2.75) is 39.0 Å². The van der Waals surface area contributed by atoms with Gasteiger partial charge in [0.25, 0.3) is 5.91 Å². The van der Waals surface area contributed by atoms with Gasteiger partial charge in [0.2, 0.25) is 5.91 Å². The monoisotopic (exact) mass is 502 g/mol. The Bertz CT molecular complexity index is 1200. The van der Waals surface area contributed by atoms with Crippen LogP contribution in [0.2, 0.25) is 0 Å². The number of carbonyl (C=O) groups excluding carboxylic acids is 2. The number of anilines is 2. The maximum atomic E-state index is 12.6. The lowest BCUT2D eigenvalue weighted by molar-refractivity contribution is -0.121. The van der Waals surface area contributed by atoms with E-state index >= 15 is 0 Å². The van der Waals surface area contributed by atoms with Crippen molar-refractivity contribution < 1.29 is 23.8 Å². The van der Waals surface area contributed by atoms with E-state index < -0.39 is 0 Å². The van der Waals surface area contributed by atoms with E-state index in [4.69, 9.17) is 14.2 Å². The van der Waals surface area contributed by atoms with E-state index in [1.807, 2.05) is 42.5 Å². The Balaban J connectivity index is 1.30. The lowest BCUT2D eigenvalue weighted by Gasteiger charge is -2.29. The highest BCUT2D eigenvalue weighted by atomic mass is 16.5. The van der Waals surface area contributed by atoms with E-state index in [9.17, 15) is 9.59 Å². The van der Waals surface area contributed by atoms with Crippen LogP contribution in [0.1, 0.15) is 39.2 Å². The molecule has 0 aromatic heterocycles. The fraction of sp³-hybridized carbons (Fsp3) is 0.333. The van der Waals surface area contributed by atoms with E-state index in [2.05, 4.69) is 38.2 Å². The van der Waals surface area contributed by atoms with Crippen LogP contribution in [0.15, 0.2) is 72.8 Å². The summed E-state index contributed by atoms with van der Waals surface area (Å²) in [5.41, 5.74) is 2.53. The van der Waals surface area contributed by atoms with Crippen LogP contribution in [0.4, 0.5) is 11.4 Å². The molecule has 0 saturated carbocycles. The van der Waals surface area contributed by atoms with Crippen molar-refractivity contribution >= 4 is 23.2 Å². The molecule has 37 heavy (non-hydrogen) atoms. The van der Waals surface area contributed by atoms with Crippen LogP contribution in [0.25, 0.3) is 0 Å². The minimum absolute atomic E-state index is 0.0274. The molecule has 1 aliphatic heterocycles. The third-order valence-corrected chi connectivity index (χ3v) is 6.05. The van der Waals surface area contributed by atoms with Gasteiger partial charge in [0.1, 0.15) is 23.9 Å². The largest absolute Gasteiger partial charge is 0.494 e. The van der Waals surface area contributed by atoms with Crippen molar-refractivity contribution in [2.75, 3.05) is 36.6 Å². The number of hydrogen-bond acceptors (Lipinski definition) is 5. The number of rotatable bonds is 10. The van der Waals surface area contributed by atoms with Crippen LogP contribution in [0.3, 0.4) is 0 Å². The number of hydrogen-bond donors (Lipinski definition) is 1. The molecule has 3 aromatic carbocycles. The summed E-state index contributed by atoms with van der Waals surface area (Å²) < 4.78 is 17.1. The fourth-order valence-corrected chi connectivity index (χ4v) is 3.99. The zero-order chi connectivity index (χ0) is 26.3. The Kier molecular flexibility index (Phi) is 8.33. The topological polar surface area (TPSA) is 77.1 Å². The summed E-state index contributed by atoms with van der Waals surface area (Å²) >= 11 is 0. The zero-order valence-corrected chi connectivity index (χ0v) is 21.7. The molecular formula is C30H34N2O5. The SMILES string of the molecule is CC(C)(C)c1ccc(OCCN2C(=O)COc3ccc(NC(=O)CCCOc4ccccc4)cc32)cc1. The molecule has 0 saturated heterocycles. The van der Waals surface area contributed by atoms with E-state index in [-0.39, 0.29) is 23.8 Å². The van der Waals surface area contributed by atoms with Gasteiger partial charge in [-0.1, -0.05) is 51.1 Å². The third-order valence-electron chi connectivity index (χ3n) is 6.05. The van der Waals surface area contributed by atoms with E-state index in [0.29, 0.717) is 49.7 Å². The molecule has 1 heterocycles. The van der Waals surface area contributed by atoms with Crippen LogP contribution < -0.4 is 24.4 Å². The Morgan fingerprint density at radius 1 is 0.946 bits per heavy atom. The molecule has 0 aliphatic carbocycles. The average molecular weight is 503 g/mol. The third kappa shape index (κ3) is 7.26. The molecule has 0 radical (unpaired) electrons. The maximum Gasteiger partial charge on any atom is 0.265 e. The number of ether oxygens (including phenoxy) is 3. The number of amides is 2. The summed E-state index contributed by atoms with van der Waals surface area (Å²) in [5, 5.41) is 2.91. The standard InChI is InChI=1S/C30H34N2O5/c1-30(2,3)22-11-14-25(15-12-22)36-19-17-32-26-20-23(13-16-27(26)37-21-29(32)34)31-28(33)10-7-18-35-24-8-5-4-6-9-24/h4-6,8-9,11-16,20H,7,10,17-19,21H2,1-3H3,(H,31,33). The van der Waals surface area contributed by atoms with Gasteiger partial charge in [-0.2, -0.15) is 0 Å². The number of para-hydroxylation sites is 1. The molecule has 2 amide bonds. The summed E-state index contributed by atoms with van der Waals surface area (Å²) in [5.74, 6) is 1.87. The van der Waals surface area contributed by atoms with Crippen LogP contribution >= 0.6 is 0 Å². The van der Waals surface area contributed by atoms with Crippen LogP contribution in [-0.4, -0.2) is 38.2 Å². The lowest BCUT2D eigenvalue weighted by atomic mass is 9.87. The van der Waals surface area contributed by atoms with Crippen molar-refractivity contribution in [3.8, 4) is 17.2 Å². The Morgan fingerprint density at radius 3 is 2.38 bits per heavy atom. The summed E-state index contributed by atoms with van der Waals surface area (Å²) in [6, 6.07) is 22.9. The van der Waals surface area contributed by atoms with Crippen molar-refractivity contribution in [2.24, 2.45) is 0 Å². The van der Waals surface area contributed by atoms with Gasteiger partial charge in [0.05, 0.1) is 18.8 Å². The highest BCUT2D eigenvalue weighted by Gasteiger charge is 2.26. The number of fused-ring (bicyclic) bond motifs is 1. The summed E-state index contributed by atoms with van der Waals surface area (Å²) in [4.78, 5) is 26.7. The second-order valence-corrected chi connectivity index (χ2v) is 9.95. The first-order valence-corrected chi connectivity index (χ1v) is 12.6. The van der Waals surface area contributed by atoms with Crippen molar-refractivity contribution in [1.82, 2.24) is 0 Å². The van der Waals surface area contributed by atoms with Crippen LogP contribution in [-0.2, 0) is 15.0 Å². The second kappa shape index (κ2) is 11.8. The molecule has 0 bridgehead atoms. The molecule has 7 nitrogen and oxygen atoms in total. The molecule has 4 rings (SSSR count). The second-order valence-electron chi connectivity index (χ2n) is 9.95. The number of benzene rings is 3. The molecule has 0 fully saturated rings. The van der Waals surface area contributed by atoms with Gasteiger partial charge in [-0.15, -0.1) is 0 Å². The molecule has 1 aliphatic rings. The van der Waals surface area contributed by atoms with Crippen molar-refractivity contribution in [1.29, 1.82) is 0 Å². The highest BCUT2D eigenvalue weighted by Crippen LogP contribution is 2.34. The maximum absolute atomic E-state index is 12.6. The average Bonchev–Trinajstić information content (AvgIpc) is 2.88. The van der Waals surface area contributed by atoms with E-state index in [1.165, 1.54) is 5.56 Å². The fourth-order valence-electron chi connectivity index (χ4n) is 3.99. The molecule has 3 aromatic rings. The Labute approximate surface area is 218 Å². The van der Waals surface area contributed by atoms with Gasteiger partial charge < -0.3 is 24.4 Å². The van der Waals surface area contributed by atoms with Crippen molar-refractivity contribution in [3.63, 3.8) is 0 Å². The number of nitrogens with one attached hydrogen (secondary N) is 1. The minimum Gasteiger partial charge on any atom is -0.494 e. The molecule has 194 valence electrons. The quantitative estimate of drug-likeness (QED) is 0.366. The molecule has 0 atom stereocenters. The highest BCUT2D eigenvalue weighted by molar-refractivity contribution is 5.99. The normalized spacial score (nSPS) is 12.9. The molecule has 1 N–H and O–H groups in total. The van der Waals surface area contributed by atoms with Crippen LogP contribution in [0.5, 0.6) is 17.2 Å². The number of nitrogens with zero attached hydrogens (tertiary/aromatic N) is 1. The first kappa shape index (κ1) is 26.1. The lowest BCUT2D eigenvalue weighted by Crippen LogP contribution is -2.41. The first-order chi connectivity index (χ1) is 17.8. The van der Waals surface area contributed by atoms with Crippen molar-refractivity contribution in [3.05, 3.63) is 78.4 Å². The first-order valence-electron chi connectivity index (χ1n) is 12.6. The Morgan fingerprint density at radius 2 is 1.65 bits per heavy atom.